The molecule has 14 heavy (non-hydrogen) atoms. The van der Waals surface area contributed by atoms with Crippen molar-refractivity contribution in [2.24, 2.45) is 7.05 Å². The number of nitrogens with zero attached hydrogens (tertiary/aromatic N) is 3. The van der Waals surface area contributed by atoms with Crippen LogP contribution in [0.15, 0.2) is 23.1 Å². The molecule has 0 saturated heterocycles. The highest BCUT2D eigenvalue weighted by atomic mass is 35.5. The lowest BCUT2D eigenvalue weighted by Gasteiger charge is -2.02. The third-order valence-corrected chi connectivity index (χ3v) is 1.87. The molecular formula is C8H9ClN4O. The van der Waals surface area contributed by atoms with Crippen molar-refractivity contribution >= 4 is 29.4 Å². The number of anilines is 1. The van der Waals surface area contributed by atoms with Crippen molar-refractivity contribution in [3.8, 4) is 0 Å². The number of fused-ring (bicyclic) bond motifs is 1. The fourth-order valence-electron chi connectivity index (χ4n) is 1.16. The van der Waals surface area contributed by atoms with Crippen molar-refractivity contribution in [3.63, 3.8) is 0 Å². The minimum Gasteiger partial charge on any atom is -0.368 e. The van der Waals surface area contributed by atoms with Gasteiger partial charge in [-0.05, 0) is 6.07 Å². The largest absolute Gasteiger partial charge is 0.368 e. The van der Waals surface area contributed by atoms with Gasteiger partial charge < -0.3 is 5.73 Å². The highest BCUT2D eigenvalue weighted by molar-refractivity contribution is 5.85. The first-order valence-corrected chi connectivity index (χ1v) is 3.77. The number of hydrogen-bond acceptors (Lipinski definition) is 4. The summed E-state index contributed by atoms with van der Waals surface area (Å²) in [5.41, 5.74) is 5.85. The molecule has 5 nitrogen and oxygen atoms in total. The maximum absolute atomic E-state index is 11.2. The second-order valence-corrected chi connectivity index (χ2v) is 2.74. The fourth-order valence-corrected chi connectivity index (χ4v) is 1.16. The Hall–Kier alpha value is -1.62. The predicted molar refractivity (Wildman–Crippen MR) is 56.4 cm³/mol. The van der Waals surface area contributed by atoms with Crippen molar-refractivity contribution in [2.45, 2.75) is 0 Å². The molecular weight excluding hydrogens is 204 g/mol. The molecule has 2 rings (SSSR count). The Labute approximate surface area is 86.0 Å². The molecule has 0 aromatic carbocycles. The lowest BCUT2D eigenvalue weighted by Crippen LogP contribution is -2.16. The Balaban J connectivity index is 0.000000980. The van der Waals surface area contributed by atoms with Crippen LogP contribution >= 0.6 is 12.4 Å². The van der Waals surface area contributed by atoms with Gasteiger partial charge in [0, 0.05) is 24.7 Å². The summed E-state index contributed by atoms with van der Waals surface area (Å²) in [5, 5.41) is 0.802. The molecule has 0 fully saturated rings. The van der Waals surface area contributed by atoms with E-state index in [1.807, 2.05) is 0 Å². The van der Waals surface area contributed by atoms with Gasteiger partial charge in [0.05, 0.1) is 0 Å². The Bertz CT molecular complexity index is 522. The van der Waals surface area contributed by atoms with Crippen LogP contribution in [0, 0.1) is 0 Å². The highest BCUT2D eigenvalue weighted by Crippen LogP contribution is 2.06. The number of aryl methyl sites for hydroxylation is 1. The molecule has 2 heterocycles. The molecule has 0 atom stereocenters. The lowest BCUT2D eigenvalue weighted by molar-refractivity contribution is 0.885. The standard InChI is InChI=1S/C8H8N4O.ClH/c1-12-6(13)3-2-5-4-10-8(9)11-7(5)12;/h2-4H,1H3,(H2,9,10,11);1H. The summed E-state index contributed by atoms with van der Waals surface area (Å²) in [6.07, 6.45) is 1.59. The van der Waals surface area contributed by atoms with E-state index in [1.165, 1.54) is 10.6 Å². The Morgan fingerprint density at radius 3 is 2.86 bits per heavy atom. The molecule has 6 heteroatoms. The zero-order chi connectivity index (χ0) is 9.42. The minimum atomic E-state index is -0.106. The number of halogens is 1. The summed E-state index contributed by atoms with van der Waals surface area (Å²) in [4.78, 5) is 19.0. The quantitative estimate of drug-likeness (QED) is 0.683. The number of pyridine rings is 1. The van der Waals surface area contributed by atoms with Crippen LogP contribution in [-0.4, -0.2) is 14.5 Å². The molecule has 0 amide bonds. The van der Waals surface area contributed by atoms with Crippen LogP contribution in [0.25, 0.3) is 11.0 Å². The van der Waals surface area contributed by atoms with Crippen LogP contribution in [0.4, 0.5) is 5.95 Å². The first-order valence-electron chi connectivity index (χ1n) is 3.77. The van der Waals surface area contributed by atoms with Crippen molar-refractivity contribution < 1.29 is 0 Å². The lowest BCUT2D eigenvalue weighted by atomic mass is 10.3. The minimum absolute atomic E-state index is 0. The molecule has 2 N–H and O–H groups in total. The molecule has 74 valence electrons. The topological polar surface area (TPSA) is 73.8 Å². The smallest absolute Gasteiger partial charge is 0.251 e. The second kappa shape index (κ2) is 3.63. The third kappa shape index (κ3) is 1.54. The maximum Gasteiger partial charge on any atom is 0.251 e. The molecule has 2 aromatic rings. The first kappa shape index (κ1) is 10.5. The van der Waals surface area contributed by atoms with Crippen molar-refractivity contribution in [3.05, 3.63) is 28.7 Å². The van der Waals surface area contributed by atoms with E-state index in [1.54, 1.807) is 19.3 Å². The molecule has 0 radical (unpaired) electrons. The Kier molecular flexibility index (Phi) is 2.71. The molecule has 0 aliphatic rings. The summed E-state index contributed by atoms with van der Waals surface area (Å²) >= 11 is 0. The average molecular weight is 213 g/mol. The molecule has 0 aliphatic carbocycles. The number of nitrogens with two attached hydrogens (primary N) is 1. The molecule has 0 unspecified atom stereocenters. The number of rotatable bonds is 0. The van der Waals surface area contributed by atoms with E-state index in [9.17, 15) is 4.79 Å². The van der Waals surface area contributed by atoms with E-state index < -0.39 is 0 Å². The molecule has 0 spiro atoms. The SMILES string of the molecule is Cl.Cn1c(=O)ccc2cnc(N)nc21. The monoisotopic (exact) mass is 212 g/mol. The Morgan fingerprint density at radius 1 is 1.43 bits per heavy atom. The summed E-state index contributed by atoms with van der Waals surface area (Å²) in [7, 11) is 1.65. The first-order chi connectivity index (χ1) is 6.18. The molecule has 0 saturated carbocycles. The normalized spacial score (nSPS) is 9.79. The van der Waals surface area contributed by atoms with E-state index >= 15 is 0 Å². The summed E-state index contributed by atoms with van der Waals surface area (Å²) in [5.74, 6) is 0.175. The highest BCUT2D eigenvalue weighted by Gasteiger charge is 2.00. The van der Waals surface area contributed by atoms with Gasteiger partial charge in [0.2, 0.25) is 5.95 Å². The average Bonchev–Trinajstić information content (AvgIpc) is 2.12. The van der Waals surface area contributed by atoms with E-state index in [4.69, 9.17) is 5.73 Å². The Morgan fingerprint density at radius 2 is 2.14 bits per heavy atom. The van der Waals surface area contributed by atoms with Gasteiger partial charge in [-0.25, -0.2) is 4.98 Å². The van der Waals surface area contributed by atoms with E-state index in [-0.39, 0.29) is 23.9 Å². The molecule has 2 aromatic heterocycles. The number of nitrogen functional groups attached to an aromatic ring is 1. The summed E-state index contributed by atoms with van der Waals surface area (Å²) < 4.78 is 1.44. The van der Waals surface area contributed by atoms with Crippen LogP contribution in [0.3, 0.4) is 0 Å². The van der Waals surface area contributed by atoms with Crippen molar-refractivity contribution in [1.29, 1.82) is 0 Å². The van der Waals surface area contributed by atoms with Crippen molar-refractivity contribution in [2.75, 3.05) is 5.73 Å². The second-order valence-electron chi connectivity index (χ2n) is 2.74. The summed E-state index contributed by atoms with van der Waals surface area (Å²) in [6.45, 7) is 0. The molecule has 0 aliphatic heterocycles. The third-order valence-electron chi connectivity index (χ3n) is 1.87. The van der Waals surface area contributed by atoms with Crippen LogP contribution < -0.4 is 11.3 Å². The number of hydrogen-bond donors (Lipinski definition) is 1. The van der Waals surface area contributed by atoms with Gasteiger partial charge >= 0.3 is 0 Å². The van der Waals surface area contributed by atoms with Gasteiger partial charge in [0.25, 0.3) is 5.56 Å². The van der Waals surface area contributed by atoms with Gasteiger partial charge in [0.15, 0.2) is 0 Å². The van der Waals surface area contributed by atoms with E-state index in [0.29, 0.717) is 5.65 Å². The van der Waals surface area contributed by atoms with Crippen LogP contribution in [0.2, 0.25) is 0 Å². The summed E-state index contributed by atoms with van der Waals surface area (Å²) in [6, 6.07) is 3.15. The van der Waals surface area contributed by atoms with Crippen LogP contribution in [0.1, 0.15) is 0 Å². The van der Waals surface area contributed by atoms with Crippen LogP contribution in [-0.2, 0) is 7.05 Å². The van der Waals surface area contributed by atoms with E-state index in [2.05, 4.69) is 9.97 Å². The zero-order valence-corrected chi connectivity index (χ0v) is 8.28. The van der Waals surface area contributed by atoms with Gasteiger partial charge in [-0.3, -0.25) is 9.36 Å². The number of aromatic nitrogens is 3. The van der Waals surface area contributed by atoms with Gasteiger partial charge in [-0.2, -0.15) is 4.98 Å². The van der Waals surface area contributed by atoms with E-state index in [0.717, 1.165) is 5.39 Å². The van der Waals surface area contributed by atoms with Gasteiger partial charge in [-0.15, -0.1) is 12.4 Å². The van der Waals surface area contributed by atoms with Crippen molar-refractivity contribution in [1.82, 2.24) is 14.5 Å². The molecule has 0 bridgehead atoms. The predicted octanol–water partition coefficient (Wildman–Crippen LogP) is 0.333. The van der Waals surface area contributed by atoms with Gasteiger partial charge in [0.1, 0.15) is 5.65 Å². The van der Waals surface area contributed by atoms with Gasteiger partial charge in [-0.1, -0.05) is 0 Å². The zero-order valence-electron chi connectivity index (χ0n) is 7.47. The maximum atomic E-state index is 11.2. The van der Waals surface area contributed by atoms with Crippen LogP contribution in [0.5, 0.6) is 0 Å². The fraction of sp³-hybridized carbons (Fsp3) is 0.125.